The van der Waals surface area contributed by atoms with E-state index in [-0.39, 0.29) is 0 Å². The molecule has 0 spiro atoms. The van der Waals surface area contributed by atoms with E-state index in [4.69, 9.17) is 20.2 Å². The van der Waals surface area contributed by atoms with Crippen LogP contribution in [0.1, 0.15) is 26.2 Å². The van der Waals surface area contributed by atoms with E-state index in [2.05, 4.69) is 19.7 Å². The molecule has 32 heavy (non-hydrogen) atoms. The minimum atomic E-state index is -0.696. The van der Waals surface area contributed by atoms with Gasteiger partial charge in [-0.2, -0.15) is 5.10 Å². The maximum absolute atomic E-state index is 11.7. The number of aryl methyl sites for hydroxylation is 1. The fourth-order valence-corrected chi connectivity index (χ4v) is 4.00. The lowest BCUT2D eigenvalue weighted by Gasteiger charge is -2.18. The smallest absolute Gasteiger partial charge is 0.258 e. The zero-order chi connectivity index (χ0) is 22.1. The van der Waals surface area contributed by atoms with Gasteiger partial charge in [-0.15, -0.1) is 0 Å². The molecule has 0 radical (unpaired) electrons. The standard InChI is InChI=1S/C23H24N6O3/c1-2-18(21(24)30)32-16-11-17-20-19(12-16)31-10-4-3-9-29(20)23(27-17)15-7-5-14(6-8-15)22-25-13-26-28-22/h5-8,11-13,18H,2-4,9-10H2,1H3,(H2,24,30)(H,25,26,28). The number of H-pyrrole nitrogens is 1. The van der Waals surface area contributed by atoms with Crippen LogP contribution in [0.25, 0.3) is 33.8 Å². The van der Waals surface area contributed by atoms with Crippen molar-refractivity contribution in [2.75, 3.05) is 6.61 Å². The first-order valence-corrected chi connectivity index (χ1v) is 10.7. The summed E-state index contributed by atoms with van der Waals surface area (Å²) in [7, 11) is 0. The molecular formula is C23H24N6O3. The van der Waals surface area contributed by atoms with E-state index >= 15 is 0 Å². The van der Waals surface area contributed by atoms with E-state index in [0.29, 0.717) is 24.5 Å². The first kappa shape index (κ1) is 20.0. The number of imidazole rings is 1. The predicted molar refractivity (Wildman–Crippen MR) is 119 cm³/mol. The summed E-state index contributed by atoms with van der Waals surface area (Å²) in [6.45, 7) is 3.32. The van der Waals surface area contributed by atoms with Crippen LogP contribution < -0.4 is 15.2 Å². The Hall–Kier alpha value is -3.88. The number of carbonyl (C=O) groups excluding carboxylic acids is 1. The number of benzene rings is 2. The number of hydrogen-bond acceptors (Lipinski definition) is 6. The third-order valence-electron chi connectivity index (χ3n) is 5.61. The molecule has 0 saturated carbocycles. The molecule has 0 saturated heterocycles. The molecule has 164 valence electrons. The van der Waals surface area contributed by atoms with E-state index in [1.807, 2.05) is 43.3 Å². The maximum atomic E-state index is 11.7. The van der Waals surface area contributed by atoms with Crippen LogP contribution in [0.4, 0.5) is 0 Å². The van der Waals surface area contributed by atoms with Gasteiger partial charge in [0.25, 0.3) is 5.91 Å². The Labute approximate surface area is 184 Å². The maximum Gasteiger partial charge on any atom is 0.258 e. The van der Waals surface area contributed by atoms with Gasteiger partial charge in [-0.25, -0.2) is 9.97 Å². The van der Waals surface area contributed by atoms with Gasteiger partial charge in [0, 0.05) is 29.8 Å². The number of amides is 1. The number of ether oxygens (including phenoxy) is 2. The number of rotatable bonds is 6. The summed E-state index contributed by atoms with van der Waals surface area (Å²) in [6.07, 6.45) is 3.21. The second-order valence-electron chi connectivity index (χ2n) is 7.76. The van der Waals surface area contributed by atoms with Gasteiger partial charge in [-0.1, -0.05) is 31.2 Å². The second kappa shape index (κ2) is 8.33. The van der Waals surface area contributed by atoms with Crippen molar-refractivity contribution in [3.05, 3.63) is 42.7 Å². The first-order chi connectivity index (χ1) is 15.6. The van der Waals surface area contributed by atoms with E-state index < -0.39 is 12.0 Å². The molecular weight excluding hydrogens is 408 g/mol. The number of nitrogens with one attached hydrogen (secondary N) is 1. The molecule has 1 aliphatic rings. The molecule has 0 bridgehead atoms. The molecule has 3 N–H and O–H groups in total. The average molecular weight is 432 g/mol. The van der Waals surface area contributed by atoms with Crippen molar-refractivity contribution in [3.8, 4) is 34.3 Å². The molecule has 9 nitrogen and oxygen atoms in total. The monoisotopic (exact) mass is 432 g/mol. The van der Waals surface area contributed by atoms with Crippen molar-refractivity contribution in [1.29, 1.82) is 0 Å². The summed E-state index contributed by atoms with van der Waals surface area (Å²) in [5, 5.41) is 6.79. The number of hydrogen-bond donors (Lipinski definition) is 2. The van der Waals surface area contributed by atoms with Gasteiger partial charge in [0.1, 0.15) is 29.2 Å². The van der Waals surface area contributed by atoms with Crippen LogP contribution in [-0.4, -0.2) is 43.4 Å². The van der Waals surface area contributed by atoms with Gasteiger partial charge in [-0.3, -0.25) is 9.89 Å². The Kier molecular flexibility index (Phi) is 5.22. The summed E-state index contributed by atoms with van der Waals surface area (Å²) < 4.78 is 14.1. The van der Waals surface area contributed by atoms with Crippen molar-refractivity contribution < 1.29 is 14.3 Å². The van der Waals surface area contributed by atoms with Crippen LogP contribution in [0, 0.1) is 0 Å². The summed E-state index contributed by atoms with van der Waals surface area (Å²) in [4.78, 5) is 20.8. The highest BCUT2D eigenvalue weighted by atomic mass is 16.5. The van der Waals surface area contributed by atoms with Crippen molar-refractivity contribution in [2.24, 2.45) is 5.73 Å². The number of primary amides is 1. The topological polar surface area (TPSA) is 121 Å². The van der Waals surface area contributed by atoms with Crippen LogP contribution in [0.5, 0.6) is 11.5 Å². The summed E-state index contributed by atoms with van der Waals surface area (Å²) >= 11 is 0. The summed E-state index contributed by atoms with van der Waals surface area (Å²) in [5.74, 6) is 2.31. The molecule has 1 aliphatic heterocycles. The zero-order valence-corrected chi connectivity index (χ0v) is 17.7. The van der Waals surface area contributed by atoms with Crippen molar-refractivity contribution in [3.63, 3.8) is 0 Å². The number of aromatic amines is 1. The quantitative estimate of drug-likeness (QED) is 0.482. The van der Waals surface area contributed by atoms with Crippen LogP contribution in [0.15, 0.2) is 42.7 Å². The second-order valence-corrected chi connectivity index (χ2v) is 7.76. The minimum Gasteiger partial charge on any atom is -0.491 e. The van der Waals surface area contributed by atoms with Gasteiger partial charge < -0.3 is 19.8 Å². The Morgan fingerprint density at radius 2 is 2.06 bits per heavy atom. The lowest BCUT2D eigenvalue weighted by atomic mass is 10.1. The highest BCUT2D eigenvalue weighted by Gasteiger charge is 2.22. The van der Waals surface area contributed by atoms with Crippen molar-refractivity contribution >= 4 is 16.9 Å². The van der Waals surface area contributed by atoms with Crippen LogP contribution in [0.2, 0.25) is 0 Å². The van der Waals surface area contributed by atoms with Gasteiger partial charge in [0.2, 0.25) is 0 Å². The molecule has 5 rings (SSSR count). The fraction of sp³-hybridized carbons (Fsp3) is 0.304. The first-order valence-electron chi connectivity index (χ1n) is 10.7. The van der Waals surface area contributed by atoms with Crippen LogP contribution in [0.3, 0.4) is 0 Å². The van der Waals surface area contributed by atoms with Gasteiger partial charge in [-0.05, 0) is 19.3 Å². The number of carbonyl (C=O) groups is 1. The largest absolute Gasteiger partial charge is 0.491 e. The highest BCUT2D eigenvalue weighted by molar-refractivity contribution is 5.88. The molecule has 3 heterocycles. The van der Waals surface area contributed by atoms with Crippen molar-refractivity contribution in [2.45, 2.75) is 38.8 Å². The van der Waals surface area contributed by atoms with E-state index in [1.54, 1.807) is 0 Å². The highest BCUT2D eigenvalue weighted by Crippen LogP contribution is 2.37. The molecule has 1 atom stereocenters. The molecule has 0 fully saturated rings. The predicted octanol–water partition coefficient (Wildman–Crippen LogP) is 3.30. The lowest BCUT2D eigenvalue weighted by molar-refractivity contribution is -0.124. The molecule has 1 unspecified atom stereocenters. The Balaban J connectivity index is 1.59. The third kappa shape index (κ3) is 3.66. The minimum absolute atomic E-state index is 0.487. The van der Waals surface area contributed by atoms with Crippen LogP contribution >= 0.6 is 0 Å². The molecule has 0 aliphatic carbocycles. The molecule has 1 amide bonds. The van der Waals surface area contributed by atoms with Gasteiger partial charge >= 0.3 is 0 Å². The number of nitrogens with zero attached hydrogens (tertiary/aromatic N) is 4. The van der Waals surface area contributed by atoms with E-state index in [0.717, 1.165) is 53.2 Å². The van der Waals surface area contributed by atoms with Gasteiger partial charge in [0.05, 0.1) is 12.1 Å². The van der Waals surface area contributed by atoms with Gasteiger partial charge in [0.15, 0.2) is 11.9 Å². The Morgan fingerprint density at radius 3 is 2.78 bits per heavy atom. The number of nitrogens with two attached hydrogens (primary N) is 1. The third-order valence-corrected chi connectivity index (χ3v) is 5.61. The SMILES string of the molecule is CCC(Oc1cc2c3c(c1)nc(-c1ccc(-c4ncn[nH]4)cc1)n3CCCCO2)C(N)=O. The number of aromatic nitrogens is 5. The molecule has 9 heteroatoms. The average Bonchev–Trinajstić information content (AvgIpc) is 3.43. The van der Waals surface area contributed by atoms with E-state index in [9.17, 15) is 4.79 Å². The summed E-state index contributed by atoms with van der Waals surface area (Å²) in [6, 6.07) is 11.7. The van der Waals surface area contributed by atoms with Crippen LogP contribution in [-0.2, 0) is 11.3 Å². The lowest BCUT2D eigenvalue weighted by Crippen LogP contribution is -2.32. The normalized spacial score (nSPS) is 14.4. The summed E-state index contributed by atoms with van der Waals surface area (Å²) in [5.41, 5.74) is 9.09. The molecule has 2 aromatic heterocycles. The fourth-order valence-electron chi connectivity index (χ4n) is 4.00. The zero-order valence-electron chi connectivity index (χ0n) is 17.7. The van der Waals surface area contributed by atoms with Crippen molar-refractivity contribution in [1.82, 2.24) is 24.7 Å². The molecule has 4 aromatic rings. The Morgan fingerprint density at radius 1 is 1.25 bits per heavy atom. The van der Waals surface area contributed by atoms with E-state index in [1.165, 1.54) is 6.33 Å². The molecule has 2 aromatic carbocycles. The Bertz CT molecular complexity index is 1250.